The van der Waals surface area contributed by atoms with Gasteiger partial charge >= 0.3 is 0 Å². The Bertz CT molecular complexity index is 336. The van der Waals surface area contributed by atoms with E-state index in [0.717, 1.165) is 30.5 Å². The van der Waals surface area contributed by atoms with E-state index >= 15 is 0 Å². The summed E-state index contributed by atoms with van der Waals surface area (Å²) in [5.41, 5.74) is 0. The monoisotopic (exact) mass is 239 g/mol. The van der Waals surface area contributed by atoms with Gasteiger partial charge in [0.2, 0.25) is 5.13 Å². The van der Waals surface area contributed by atoms with E-state index in [1.807, 2.05) is 6.08 Å². The third-order valence-corrected chi connectivity index (χ3v) is 3.06. The zero-order chi connectivity index (χ0) is 11.2. The third kappa shape index (κ3) is 3.57. The van der Waals surface area contributed by atoms with Crippen molar-refractivity contribution in [1.82, 2.24) is 9.36 Å². The van der Waals surface area contributed by atoms with E-state index < -0.39 is 0 Å². The molecule has 16 heavy (non-hydrogen) atoms. The topological polar surface area (TPSA) is 47.0 Å². The predicted molar refractivity (Wildman–Crippen MR) is 66.0 cm³/mol. The molecule has 0 unspecified atom stereocenters. The molecule has 0 saturated heterocycles. The van der Waals surface area contributed by atoms with Gasteiger partial charge in [0.05, 0.1) is 13.2 Å². The van der Waals surface area contributed by atoms with Crippen LogP contribution in [-0.2, 0) is 4.74 Å². The smallest absolute Gasteiger partial charge is 0.202 e. The molecule has 1 aliphatic carbocycles. The third-order valence-electron chi connectivity index (χ3n) is 2.37. The SMILES string of the molecule is C=CCCOCCNc1nc(C2CC2)ns1. The molecule has 0 spiro atoms. The van der Waals surface area contributed by atoms with Crippen LogP contribution in [0.1, 0.15) is 31.0 Å². The lowest BCUT2D eigenvalue weighted by Crippen LogP contribution is -2.09. The van der Waals surface area contributed by atoms with Crippen LogP contribution in [-0.4, -0.2) is 29.1 Å². The normalized spacial score (nSPS) is 15.0. The Morgan fingerprint density at radius 1 is 1.50 bits per heavy atom. The van der Waals surface area contributed by atoms with Crippen LogP contribution in [0.2, 0.25) is 0 Å². The number of hydrogen-bond donors (Lipinski definition) is 1. The number of nitrogens with one attached hydrogen (secondary N) is 1. The van der Waals surface area contributed by atoms with E-state index in [4.69, 9.17) is 4.74 Å². The molecule has 1 aromatic heterocycles. The average molecular weight is 239 g/mol. The van der Waals surface area contributed by atoms with Crippen molar-refractivity contribution in [1.29, 1.82) is 0 Å². The molecule has 0 radical (unpaired) electrons. The number of nitrogens with zero attached hydrogens (tertiary/aromatic N) is 2. The average Bonchev–Trinajstić information content (AvgIpc) is 3.04. The maximum Gasteiger partial charge on any atom is 0.202 e. The molecule has 2 rings (SSSR count). The molecular formula is C11H17N3OS. The standard InChI is InChI=1S/C11H17N3OS/c1-2-3-7-15-8-6-12-11-13-10(14-16-11)9-4-5-9/h2,9H,1,3-8H2,(H,12,13,14). The Kier molecular flexibility index (Phi) is 4.30. The molecule has 0 bridgehead atoms. The van der Waals surface area contributed by atoms with Crippen LogP contribution in [0.5, 0.6) is 0 Å². The number of aromatic nitrogens is 2. The zero-order valence-electron chi connectivity index (χ0n) is 9.32. The van der Waals surface area contributed by atoms with Crippen molar-refractivity contribution in [3.05, 3.63) is 18.5 Å². The first-order valence-electron chi connectivity index (χ1n) is 5.66. The van der Waals surface area contributed by atoms with Gasteiger partial charge in [0.25, 0.3) is 0 Å². The molecule has 1 aliphatic rings. The Balaban J connectivity index is 1.59. The Hall–Kier alpha value is -0.940. The van der Waals surface area contributed by atoms with E-state index in [9.17, 15) is 0 Å². The van der Waals surface area contributed by atoms with E-state index in [1.165, 1.54) is 24.4 Å². The summed E-state index contributed by atoms with van der Waals surface area (Å²) in [7, 11) is 0. The fraction of sp³-hybridized carbons (Fsp3) is 0.636. The summed E-state index contributed by atoms with van der Waals surface area (Å²) in [6.45, 7) is 5.87. The minimum Gasteiger partial charge on any atom is -0.379 e. The number of rotatable bonds is 8. The van der Waals surface area contributed by atoms with E-state index in [2.05, 4.69) is 21.3 Å². The lowest BCUT2D eigenvalue weighted by molar-refractivity contribution is 0.149. The molecule has 5 heteroatoms. The number of anilines is 1. The Labute approximate surface area is 99.9 Å². The van der Waals surface area contributed by atoms with E-state index in [-0.39, 0.29) is 0 Å². The highest BCUT2D eigenvalue weighted by Gasteiger charge is 2.27. The van der Waals surface area contributed by atoms with Gasteiger partial charge in [-0.25, -0.2) is 4.98 Å². The second-order valence-corrected chi connectivity index (χ2v) is 4.60. The second-order valence-electron chi connectivity index (χ2n) is 3.85. The van der Waals surface area contributed by atoms with Gasteiger partial charge in [-0.2, -0.15) is 4.37 Å². The summed E-state index contributed by atoms with van der Waals surface area (Å²) in [4.78, 5) is 4.43. The lowest BCUT2D eigenvalue weighted by atomic mass is 10.4. The van der Waals surface area contributed by atoms with Gasteiger partial charge in [-0.05, 0) is 19.3 Å². The van der Waals surface area contributed by atoms with Gasteiger partial charge in [0.1, 0.15) is 5.82 Å². The maximum absolute atomic E-state index is 5.39. The molecule has 1 heterocycles. The highest BCUT2D eigenvalue weighted by Crippen LogP contribution is 2.39. The molecular weight excluding hydrogens is 222 g/mol. The number of ether oxygens (including phenoxy) is 1. The van der Waals surface area contributed by atoms with Gasteiger partial charge in [0, 0.05) is 24.0 Å². The van der Waals surface area contributed by atoms with Crippen LogP contribution >= 0.6 is 11.5 Å². The quantitative estimate of drug-likeness (QED) is 0.559. The molecule has 0 aromatic carbocycles. The van der Waals surface area contributed by atoms with Crippen LogP contribution in [0, 0.1) is 0 Å². The Morgan fingerprint density at radius 3 is 3.12 bits per heavy atom. The van der Waals surface area contributed by atoms with Crippen LogP contribution in [0.15, 0.2) is 12.7 Å². The fourth-order valence-electron chi connectivity index (χ4n) is 1.31. The molecule has 1 fully saturated rings. The summed E-state index contributed by atoms with van der Waals surface area (Å²) in [6, 6.07) is 0. The summed E-state index contributed by atoms with van der Waals surface area (Å²) < 4.78 is 9.71. The van der Waals surface area contributed by atoms with Crippen LogP contribution in [0.4, 0.5) is 5.13 Å². The van der Waals surface area contributed by atoms with Gasteiger partial charge < -0.3 is 10.1 Å². The first-order valence-corrected chi connectivity index (χ1v) is 6.43. The Morgan fingerprint density at radius 2 is 2.38 bits per heavy atom. The van der Waals surface area contributed by atoms with Gasteiger partial charge in [0.15, 0.2) is 0 Å². The molecule has 88 valence electrons. The minimum absolute atomic E-state index is 0.635. The van der Waals surface area contributed by atoms with E-state index in [0.29, 0.717) is 12.5 Å². The van der Waals surface area contributed by atoms with Crippen molar-refractivity contribution >= 4 is 16.7 Å². The van der Waals surface area contributed by atoms with Gasteiger partial charge in [-0.1, -0.05) is 6.08 Å². The van der Waals surface area contributed by atoms with Crippen LogP contribution in [0.3, 0.4) is 0 Å². The summed E-state index contributed by atoms with van der Waals surface area (Å²) >= 11 is 1.44. The molecule has 4 nitrogen and oxygen atoms in total. The lowest BCUT2D eigenvalue weighted by Gasteiger charge is -2.02. The fourth-order valence-corrected chi connectivity index (χ4v) is 1.98. The molecule has 0 amide bonds. The van der Waals surface area contributed by atoms with Crippen molar-refractivity contribution in [3.63, 3.8) is 0 Å². The highest BCUT2D eigenvalue weighted by atomic mass is 32.1. The first-order chi connectivity index (χ1) is 7.90. The predicted octanol–water partition coefficient (Wildman–Crippen LogP) is 2.42. The first kappa shape index (κ1) is 11.5. The second kappa shape index (κ2) is 5.96. The van der Waals surface area contributed by atoms with E-state index in [1.54, 1.807) is 0 Å². The summed E-state index contributed by atoms with van der Waals surface area (Å²) in [5, 5.41) is 4.13. The molecule has 1 N–H and O–H groups in total. The molecule has 0 atom stereocenters. The van der Waals surface area contributed by atoms with Crippen LogP contribution in [0.25, 0.3) is 0 Å². The van der Waals surface area contributed by atoms with Crippen molar-refractivity contribution in [3.8, 4) is 0 Å². The largest absolute Gasteiger partial charge is 0.379 e. The summed E-state index contributed by atoms with van der Waals surface area (Å²) in [5.74, 6) is 1.65. The van der Waals surface area contributed by atoms with Crippen molar-refractivity contribution in [2.24, 2.45) is 0 Å². The van der Waals surface area contributed by atoms with Gasteiger partial charge in [-0.3, -0.25) is 0 Å². The van der Waals surface area contributed by atoms with Crippen molar-refractivity contribution in [2.75, 3.05) is 25.1 Å². The van der Waals surface area contributed by atoms with Crippen LogP contribution < -0.4 is 5.32 Å². The zero-order valence-corrected chi connectivity index (χ0v) is 10.1. The molecule has 1 aromatic rings. The maximum atomic E-state index is 5.39. The van der Waals surface area contributed by atoms with Crippen molar-refractivity contribution < 1.29 is 4.74 Å². The highest BCUT2D eigenvalue weighted by molar-refractivity contribution is 7.09. The van der Waals surface area contributed by atoms with Gasteiger partial charge in [-0.15, -0.1) is 6.58 Å². The van der Waals surface area contributed by atoms with Crippen molar-refractivity contribution in [2.45, 2.75) is 25.2 Å². The number of hydrogen-bond acceptors (Lipinski definition) is 5. The minimum atomic E-state index is 0.635. The summed E-state index contributed by atoms with van der Waals surface area (Å²) in [6.07, 6.45) is 5.27. The molecule has 1 saturated carbocycles. The molecule has 0 aliphatic heterocycles.